The van der Waals surface area contributed by atoms with Crippen LogP contribution in [0.3, 0.4) is 0 Å². The van der Waals surface area contributed by atoms with Gasteiger partial charge in [0.2, 0.25) is 0 Å². The van der Waals surface area contributed by atoms with Crippen molar-refractivity contribution < 1.29 is 9.84 Å². The minimum Gasteiger partial charge on any atom is -0.396 e. The van der Waals surface area contributed by atoms with E-state index >= 15 is 0 Å². The van der Waals surface area contributed by atoms with Crippen LogP contribution in [0.25, 0.3) is 0 Å². The van der Waals surface area contributed by atoms with Crippen molar-refractivity contribution in [2.75, 3.05) is 32.9 Å². The number of likely N-dealkylation sites (tertiary alicyclic amines) is 1. The van der Waals surface area contributed by atoms with E-state index in [-0.39, 0.29) is 12.0 Å². The number of benzene rings is 1. The minimum atomic E-state index is -0.0603. The van der Waals surface area contributed by atoms with Crippen LogP contribution in [-0.2, 0) is 17.8 Å². The van der Waals surface area contributed by atoms with Crippen LogP contribution < -0.4 is 0 Å². The highest BCUT2D eigenvalue weighted by Crippen LogP contribution is 2.41. The summed E-state index contributed by atoms with van der Waals surface area (Å²) in [6, 6.07) is 10.6. The number of aliphatic hydroxyl groups is 1. The lowest BCUT2D eigenvalue weighted by molar-refractivity contribution is -0.0561. The summed E-state index contributed by atoms with van der Waals surface area (Å²) in [5.74, 6) is 0.550. The maximum atomic E-state index is 9.94. The molecular weight excluding hydrogens is 302 g/mol. The van der Waals surface area contributed by atoms with Crippen molar-refractivity contribution in [3.8, 4) is 0 Å². The highest BCUT2D eigenvalue weighted by atomic mass is 16.5. The maximum Gasteiger partial charge on any atom is 0.0662 e. The Morgan fingerprint density at radius 1 is 1.21 bits per heavy atom. The quantitative estimate of drug-likeness (QED) is 0.909. The lowest BCUT2D eigenvalue weighted by atomic mass is 9.76. The second-order valence-corrected chi connectivity index (χ2v) is 7.20. The molecule has 5 nitrogen and oxygen atoms in total. The zero-order valence-electron chi connectivity index (χ0n) is 14.0. The fourth-order valence-electron chi connectivity index (χ4n) is 4.23. The van der Waals surface area contributed by atoms with E-state index in [9.17, 15) is 5.11 Å². The summed E-state index contributed by atoms with van der Waals surface area (Å²) >= 11 is 0. The van der Waals surface area contributed by atoms with Crippen molar-refractivity contribution in [1.82, 2.24) is 14.7 Å². The zero-order valence-corrected chi connectivity index (χ0v) is 14.0. The molecule has 0 spiro atoms. The van der Waals surface area contributed by atoms with Crippen molar-refractivity contribution in [1.29, 1.82) is 0 Å². The van der Waals surface area contributed by atoms with Gasteiger partial charge in [0.15, 0.2) is 0 Å². The molecule has 2 fully saturated rings. The number of nitrogens with zero attached hydrogens (tertiary/aromatic N) is 3. The molecule has 128 valence electrons. The van der Waals surface area contributed by atoms with Crippen LogP contribution in [-0.4, -0.2) is 52.7 Å². The second kappa shape index (κ2) is 6.67. The van der Waals surface area contributed by atoms with Gasteiger partial charge in [0.1, 0.15) is 0 Å². The Bertz CT molecular complexity index is 673. The molecule has 24 heavy (non-hydrogen) atoms. The number of aromatic nitrogens is 2. The Hall–Kier alpha value is -1.69. The molecule has 2 saturated heterocycles. The van der Waals surface area contributed by atoms with Gasteiger partial charge in [-0.25, -0.2) is 0 Å². The molecule has 0 aliphatic carbocycles. The Morgan fingerprint density at radius 3 is 2.75 bits per heavy atom. The van der Waals surface area contributed by atoms with Gasteiger partial charge in [-0.05, 0) is 29.5 Å². The fraction of sp³-hybridized carbons (Fsp3) is 0.526. The van der Waals surface area contributed by atoms with E-state index in [1.54, 1.807) is 0 Å². The number of hydrogen-bond acceptors (Lipinski definition) is 4. The Balaban J connectivity index is 1.50. The number of hydrogen-bond donors (Lipinski definition) is 1. The summed E-state index contributed by atoms with van der Waals surface area (Å²) in [5.41, 5.74) is 2.60. The molecule has 5 heteroatoms. The lowest BCUT2D eigenvalue weighted by Crippen LogP contribution is -2.42. The molecule has 2 aliphatic heterocycles. The van der Waals surface area contributed by atoms with Gasteiger partial charge in [-0.15, -0.1) is 0 Å². The molecular formula is C19H25N3O2. The summed E-state index contributed by atoms with van der Waals surface area (Å²) in [6.45, 7) is 5.45. The normalized spacial score (nSPS) is 27.3. The van der Waals surface area contributed by atoms with Gasteiger partial charge in [-0.3, -0.25) is 9.58 Å². The molecule has 0 bridgehead atoms. The van der Waals surface area contributed by atoms with Crippen molar-refractivity contribution in [3.05, 3.63) is 53.9 Å². The van der Waals surface area contributed by atoms with Gasteiger partial charge >= 0.3 is 0 Å². The van der Waals surface area contributed by atoms with Gasteiger partial charge in [0.05, 0.1) is 19.8 Å². The molecule has 1 N–H and O–H groups in total. The molecule has 0 amide bonds. The fourth-order valence-corrected chi connectivity index (χ4v) is 4.23. The average Bonchev–Trinajstić information content (AvgIpc) is 3.24. The van der Waals surface area contributed by atoms with Gasteiger partial charge < -0.3 is 9.84 Å². The van der Waals surface area contributed by atoms with Crippen LogP contribution in [0.4, 0.5) is 0 Å². The number of ether oxygens (including phenoxy) is 1. The predicted octanol–water partition coefficient (Wildman–Crippen LogP) is 1.76. The monoisotopic (exact) mass is 327 g/mol. The Kier molecular flexibility index (Phi) is 4.39. The zero-order chi connectivity index (χ0) is 16.4. The van der Waals surface area contributed by atoms with E-state index < -0.39 is 0 Å². The van der Waals surface area contributed by atoms with E-state index in [0.29, 0.717) is 12.5 Å². The van der Waals surface area contributed by atoms with Crippen LogP contribution in [0.1, 0.15) is 17.5 Å². The number of rotatable bonds is 5. The summed E-state index contributed by atoms with van der Waals surface area (Å²) in [7, 11) is 0. The van der Waals surface area contributed by atoms with Crippen LogP contribution in [0.15, 0.2) is 42.7 Å². The molecule has 2 aliphatic rings. The summed E-state index contributed by atoms with van der Waals surface area (Å²) < 4.78 is 7.64. The van der Waals surface area contributed by atoms with E-state index in [1.807, 2.05) is 23.1 Å². The lowest BCUT2D eigenvalue weighted by Gasteiger charge is -2.36. The summed E-state index contributed by atoms with van der Waals surface area (Å²) in [4.78, 5) is 2.48. The molecule has 4 rings (SSSR count). The van der Waals surface area contributed by atoms with Crippen molar-refractivity contribution in [2.45, 2.75) is 19.5 Å². The van der Waals surface area contributed by atoms with Gasteiger partial charge in [-0.1, -0.05) is 24.3 Å². The first-order chi connectivity index (χ1) is 11.8. The minimum absolute atomic E-state index is 0.0603. The molecule has 3 heterocycles. The van der Waals surface area contributed by atoms with Crippen LogP contribution in [0.5, 0.6) is 0 Å². The topological polar surface area (TPSA) is 50.5 Å². The van der Waals surface area contributed by atoms with Crippen molar-refractivity contribution in [3.63, 3.8) is 0 Å². The molecule has 2 aromatic rings. The molecule has 1 aromatic heterocycles. The van der Waals surface area contributed by atoms with Gasteiger partial charge in [0, 0.05) is 44.0 Å². The molecule has 0 saturated carbocycles. The SMILES string of the molecule is OC[C@]12COCC[C@H]1CN(Cc1ccccc1Cn1cccn1)C2. The maximum absolute atomic E-state index is 9.94. The first-order valence-electron chi connectivity index (χ1n) is 8.74. The number of aliphatic hydroxyl groups excluding tert-OH is 1. The molecule has 1 aromatic carbocycles. The van der Waals surface area contributed by atoms with Crippen LogP contribution >= 0.6 is 0 Å². The predicted molar refractivity (Wildman–Crippen MR) is 91.5 cm³/mol. The standard InChI is InChI=1S/C19H25N3O2/c23-14-19-13-21(12-18(19)6-9-24-15-19)10-16-4-1-2-5-17(16)11-22-8-3-7-20-22/h1-5,7-8,18,23H,6,9-15H2/t18-,19+/m0/s1. The smallest absolute Gasteiger partial charge is 0.0662 e. The molecule has 0 radical (unpaired) electrons. The largest absolute Gasteiger partial charge is 0.396 e. The van der Waals surface area contributed by atoms with E-state index in [0.717, 1.165) is 39.2 Å². The van der Waals surface area contributed by atoms with E-state index in [1.165, 1.54) is 11.1 Å². The first-order valence-corrected chi connectivity index (χ1v) is 8.74. The van der Waals surface area contributed by atoms with Crippen LogP contribution in [0.2, 0.25) is 0 Å². The third-order valence-electron chi connectivity index (χ3n) is 5.60. The summed E-state index contributed by atoms with van der Waals surface area (Å²) in [5, 5.41) is 14.3. The molecule has 0 unspecified atom stereocenters. The van der Waals surface area contributed by atoms with E-state index in [2.05, 4.69) is 34.3 Å². The Labute approximate surface area is 142 Å². The van der Waals surface area contributed by atoms with Crippen molar-refractivity contribution in [2.24, 2.45) is 11.3 Å². The van der Waals surface area contributed by atoms with Gasteiger partial charge in [0.25, 0.3) is 0 Å². The van der Waals surface area contributed by atoms with Gasteiger partial charge in [-0.2, -0.15) is 5.10 Å². The highest BCUT2D eigenvalue weighted by Gasteiger charge is 2.47. The highest BCUT2D eigenvalue weighted by molar-refractivity contribution is 5.27. The summed E-state index contributed by atoms with van der Waals surface area (Å²) in [6.07, 6.45) is 4.88. The van der Waals surface area contributed by atoms with E-state index in [4.69, 9.17) is 4.74 Å². The average molecular weight is 327 g/mol. The van der Waals surface area contributed by atoms with Crippen molar-refractivity contribution >= 4 is 0 Å². The third-order valence-corrected chi connectivity index (χ3v) is 5.60. The Morgan fingerprint density at radius 2 is 2.04 bits per heavy atom. The third kappa shape index (κ3) is 2.99. The first kappa shape index (κ1) is 15.8. The number of fused-ring (bicyclic) bond motifs is 1. The molecule has 2 atom stereocenters. The van der Waals surface area contributed by atoms with Crippen LogP contribution in [0, 0.1) is 11.3 Å². The second-order valence-electron chi connectivity index (χ2n) is 7.20.